The molecular weight excluding hydrogens is 388 g/mol. The van der Waals surface area contributed by atoms with E-state index < -0.39 is 23.9 Å². The van der Waals surface area contributed by atoms with Gasteiger partial charge in [-0.05, 0) is 42.5 Å². The second-order valence-corrected chi connectivity index (χ2v) is 7.97. The van der Waals surface area contributed by atoms with E-state index in [-0.39, 0.29) is 22.4 Å². The Labute approximate surface area is 175 Å². The van der Waals surface area contributed by atoms with Crippen LogP contribution in [-0.2, 0) is 9.53 Å². The Morgan fingerprint density at radius 1 is 1.13 bits per heavy atom. The SMILES string of the molecule is COC(=O)[C@H](CCC(C)(C)C)NC(=O)c1ccc(Oc2cccc(C(=O)O)c2)nc1. The molecule has 30 heavy (non-hydrogen) atoms. The maximum absolute atomic E-state index is 12.5. The van der Waals surface area contributed by atoms with E-state index in [1.54, 1.807) is 12.1 Å². The van der Waals surface area contributed by atoms with Crippen LogP contribution in [-0.4, -0.2) is 41.1 Å². The zero-order valence-corrected chi connectivity index (χ0v) is 17.5. The number of aromatic carboxylic acids is 1. The highest BCUT2D eigenvalue weighted by atomic mass is 16.5. The molecule has 0 bridgehead atoms. The van der Waals surface area contributed by atoms with Crippen LogP contribution >= 0.6 is 0 Å². The molecule has 0 aliphatic carbocycles. The molecule has 2 rings (SSSR count). The third-order valence-electron chi connectivity index (χ3n) is 4.28. The molecule has 0 aliphatic heterocycles. The lowest BCUT2D eigenvalue weighted by molar-refractivity contribution is -0.143. The van der Waals surface area contributed by atoms with Crippen molar-refractivity contribution < 1.29 is 29.0 Å². The molecule has 8 heteroatoms. The first-order valence-corrected chi connectivity index (χ1v) is 9.45. The number of carboxylic acids is 1. The number of amides is 1. The maximum atomic E-state index is 12.5. The molecule has 1 aromatic heterocycles. The largest absolute Gasteiger partial charge is 0.478 e. The highest BCUT2D eigenvalue weighted by molar-refractivity contribution is 5.96. The van der Waals surface area contributed by atoms with Crippen LogP contribution in [0.25, 0.3) is 0 Å². The molecule has 0 saturated heterocycles. The normalized spacial score (nSPS) is 12.0. The number of esters is 1. The van der Waals surface area contributed by atoms with Gasteiger partial charge in [-0.2, -0.15) is 0 Å². The lowest BCUT2D eigenvalue weighted by atomic mass is 9.88. The Hall–Kier alpha value is -3.42. The van der Waals surface area contributed by atoms with Crippen molar-refractivity contribution in [1.82, 2.24) is 10.3 Å². The fourth-order valence-electron chi connectivity index (χ4n) is 2.60. The van der Waals surface area contributed by atoms with Gasteiger partial charge in [-0.3, -0.25) is 4.79 Å². The molecule has 1 heterocycles. The van der Waals surface area contributed by atoms with E-state index in [2.05, 4.69) is 31.1 Å². The van der Waals surface area contributed by atoms with Crippen molar-refractivity contribution in [3.63, 3.8) is 0 Å². The van der Waals surface area contributed by atoms with Gasteiger partial charge in [-0.15, -0.1) is 0 Å². The summed E-state index contributed by atoms with van der Waals surface area (Å²) in [6, 6.07) is 8.24. The number of rotatable bonds is 8. The van der Waals surface area contributed by atoms with Gasteiger partial charge >= 0.3 is 11.9 Å². The van der Waals surface area contributed by atoms with Crippen molar-refractivity contribution in [3.8, 4) is 11.6 Å². The van der Waals surface area contributed by atoms with E-state index in [4.69, 9.17) is 14.6 Å². The number of methoxy groups -OCH3 is 1. The molecular formula is C22H26N2O6. The molecule has 8 nitrogen and oxygen atoms in total. The van der Waals surface area contributed by atoms with E-state index in [0.717, 1.165) is 6.42 Å². The van der Waals surface area contributed by atoms with Gasteiger partial charge in [0.25, 0.3) is 5.91 Å². The van der Waals surface area contributed by atoms with Crippen molar-refractivity contribution in [2.24, 2.45) is 5.41 Å². The van der Waals surface area contributed by atoms with E-state index in [1.165, 1.54) is 37.6 Å². The van der Waals surface area contributed by atoms with Crippen molar-refractivity contribution in [2.75, 3.05) is 7.11 Å². The zero-order valence-electron chi connectivity index (χ0n) is 17.5. The third-order valence-corrected chi connectivity index (χ3v) is 4.28. The molecule has 2 N–H and O–H groups in total. The molecule has 2 aromatic rings. The van der Waals surface area contributed by atoms with Gasteiger partial charge in [0.05, 0.1) is 18.2 Å². The molecule has 0 radical (unpaired) electrons. The van der Waals surface area contributed by atoms with Gasteiger partial charge in [0.15, 0.2) is 0 Å². The molecule has 160 valence electrons. The van der Waals surface area contributed by atoms with Crippen LogP contribution in [0.2, 0.25) is 0 Å². The Bertz CT molecular complexity index is 903. The van der Waals surface area contributed by atoms with Gasteiger partial charge in [0.1, 0.15) is 11.8 Å². The van der Waals surface area contributed by atoms with Gasteiger partial charge in [0, 0.05) is 12.3 Å². The molecule has 1 atom stereocenters. The predicted octanol–water partition coefficient (Wildman–Crippen LogP) is 3.67. The number of carbonyl (C=O) groups is 3. The van der Waals surface area contributed by atoms with Gasteiger partial charge in [-0.25, -0.2) is 14.6 Å². The van der Waals surface area contributed by atoms with Crippen LogP contribution in [0.4, 0.5) is 0 Å². The molecule has 1 amide bonds. The summed E-state index contributed by atoms with van der Waals surface area (Å²) in [6.07, 6.45) is 2.51. The van der Waals surface area contributed by atoms with Gasteiger partial charge in [0.2, 0.25) is 5.88 Å². The number of carboxylic acid groups (broad SMARTS) is 1. The average Bonchev–Trinajstić information content (AvgIpc) is 2.70. The molecule has 0 aliphatic rings. The fraction of sp³-hybridized carbons (Fsp3) is 0.364. The number of nitrogens with one attached hydrogen (secondary N) is 1. The molecule has 0 spiro atoms. The van der Waals surface area contributed by atoms with Crippen molar-refractivity contribution in [1.29, 1.82) is 0 Å². The summed E-state index contributed by atoms with van der Waals surface area (Å²) >= 11 is 0. The number of hydrogen-bond acceptors (Lipinski definition) is 6. The number of carbonyl (C=O) groups excluding carboxylic acids is 2. The van der Waals surface area contributed by atoms with Gasteiger partial charge < -0.3 is 19.9 Å². The maximum Gasteiger partial charge on any atom is 0.335 e. The Morgan fingerprint density at radius 2 is 1.87 bits per heavy atom. The lowest BCUT2D eigenvalue weighted by Gasteiger charge is -2.22. The second-order valence-electron chi connectivity index (χ2n) is 7.97. The summed E-state index contributed by atoms with van der Waals surface area (Å²) in [5.74, 6) is -1.50. The number of aromatic nitrogens is 1. The summed E-state index contributed by atoms with van der Waals surface area (Å²) in [4.78, 5) is 39.7. The zero-order chi connectivity index (χ0) is 22.3. The smallest absolute Gasteiger partial charge is 0.335 e. The topological polar surface area (TPSA) is 115 Å². The fourth-order valence-corrected chi connectivity index (χ4v) is 2.60. The summed E-state index contributed by atoms with van der Waals surface area (Å²) in [5, 5.41) is 11.7. The predicted molar refractivity (Wildman–Crippen MR) is 110 cm³/mol. The quantitative estimate of drug-likeness (QED) is 0.633. The van der Waals surface area contributed by atoms with Crippen LogP contribution in [0.5, 0.6) is 11.6 Å². The summed E-state index contributed by atoms with van der Waals surface area (Å²) in [7, 11) is 1.28. The molecule has 0 unspecified atom stereocenters. The van der Waals surface area contributed by atoms with Crippen LogP contribution in [0.15, 0.2) is 42.6 Å². The number of benzene rings is 1. The number of nitrogens with zero attached hydrogens (tertiary/aromatic N) is 1. The van der Waals surface area contributed by atoms with E-state index in [0.29, 0.717) is 12.2 Å². The third kappa shape index (κ3) is 6.88. The highest BCUT2D eigenvalue weighted by Crippen LogP contribution is 2.23. The highest BCUT2D eigenvalue weighted by Gasteiger charge is 2.24. The number of pyridine rings is 1. The van der Waals surface area contributed by atoms with Crippen LogP contribution in [0.1, 0.15) is 54.3 Å². The van der Waals surface area contributed by atoms with Crippen molar-refractivity contribution in [2.45, 2.75) is 39.7 Å². The Balaban J connectivity index is 2.05. The standard InChI is InChI=1S/C22H26N2O6/c1-22(2,3)11-10-17(21(28)29-4)24-19(25)15-8-9-18(23-13-15)30-16-7-5-6-14(12-16)20(26)27/h5-9,12-13,17H,10-11H2,1-4H3,(H,24,25)(H,26,27)/t17-/m0/s1. The Kier molecular flexibility index (Phi) is 7.52. The van der Waals surface area contributed by atoms with Crippen molar-refractivity contribution in [3.05, 3.63) is 53.7 Å². The first kappa shape index (κ1) is 22.9. The summed E-state index contributed by atoms with van der Waals surface area (Å²) in [5.41, 5.74) is 0.356. The lowest BCUT2D eigenvalue weighted by Crippen LogP contribution is -2.42. The van der Waals surface area contributed by atoms with Crippen LogP contribution in [0, 0.1) is 5.41 Å². The first-order valence-electron chi connectivity index (χ1n) is 9.45. The van der Waals surface area contributed by atoms with E-state index in [1.807, 2.05) is 0 Å². The van der Waals surface area contributed by atoms with E-state index in [9.17, 15) is 14.4 Å². The molecule has 0 fully saturated rings. The monoisotopic (exact) mass is 414 g/mol. The number of hydrogen-bond donors (Lipinski definition) is 2. The second kappa shape index (κ2) is 9.87. The minimum atomic E-state index is -1.06. The minimum Gasteiger partial charge on any atom is -0.478 e. The summed E-state index contributed by atoms with van der Waals surface area (Å²) in [6.45, 7) is 6.16. The van der Waals surface area contributed by atoms with Crippen LogP contribution in [0.3, 0.4) is 0 Å². The van der Waals surface area contributed by atoms with Crippen molar-refractivity contribution >= 4 is 17.8 Å². The van der Waals surface area contributed by atoms with Crippen LogP contribution < -0.4 is 10.1 Å². The Morgan fingerprint density at radius 3 is 2.43 bits per heavy atom. The minimum absolute atomic E-state index is 0.00941. The average molecular weight is 414 g/mol. The van der Waals surface area contributed by atoms with Gasteiger partial charge in [-0.1, -0.05) is 26.8 Å². The first-order chi connectivity index (χ1) is 14.1. The number of ether oxygens (including phenoxy) is 2. The summed E-state index contributed by atoms with van der Waals surface area (Å²) < 4.78 is 10.3. The molecule has 0 saturated carbocycles. The molecule has 1 aromatic carbocycles. The van der Waals surface area contributed by atoms with E-state index >= 15 is 0 Å².